The van der Waals surface area contributed by atoms with E-state index in [-0.39, 0.29) is 24.8 Å². The van der Waals surface area contributed by atoms with Crippen LogP contribution in [0.15, 0.2) is 48.6 Å². The average molecular weight is 545 g/mol. The van der Waals surface area contributed by atoms with Crippen molar-refractivity contribution in [2.75, 3.05) is 0 Å². The number of allylic oxidation sites excluding steroid dienone is 8. The van der Waals surface area contributed by atoms with Crippen molar-refractivity contribution in [3.8, 4) is 0 Å². The third kappa shape index (κ3) is 5.92. The zero-order chi connectivity index (χ0) is 21.4. The van der Waals surface area contributed by atoms with Gasteiger partial charge in [0.05, 0.1) is 0 Å². The number of halogens is 2. The zero-order valence-electron chi connectivity index (χ0n) is 20.9. The normalized spacial score (nSPS) is 18.0. The quantitative estimate of drug-likeness (QED) is 0.313. The van der Waals surface area contributed by atoms with Crippen LogP contribution < -0.4 is 24.8 Å². The second-order valence-electron chi connectivity index (χ2n) is 9.57. The van der Waals surface area contributed by atoms with Crippen LogP contribution in [-0.4, -0.2) is 0 Å². The van der Waals surface area contributed by atoms with Crippen molar-refractivity contribution < 1.29 is 48.0 Å². The molecule has 2 rings (SSSR count). The van der Waals surface area contributed by atoms with E-state index in [1.807, 2.05) is 0 Å². The van der Waals surface area contributed by atoms with E-state index in [0.29, 0.717) is 17.1 Å². The molecule has 0 aliphatic heterocycles. The van der Waals surface area contributed by atoms with Gasteiger partial charge in [-0.3, -0.25) is 0 Å². The number of rotatable bonds is 14. The molecular formula is C28H46Cl2Zr. The Morgan fingerprint density at radius 1 is 0.516 bits per heavy atom. The molecule has 0 nitrogen and oxygen atoms in total. The summed E-state index contributed by atoms with van der Waals surface area (Å²) in [5, 5.41) is 0. The van der Waals surface area contributed by atoms with Crippen LogP contribution in [0.2, 0.25) is 6.25 Å². The van der Waals surface area contributed by atoms with Crippen molar-refractivity contribution in [3.63, 3.8) is 0 Å². The van der Waals surface area contributed by atoms with E-state index in [1.54, 1.807) is 0 Å². The molecule has 176 valence electrons. The molecule has 31 heavy (non-hydrogen) atoms. The molecule has 0 heterocycles. The maximum Gasteiger partial charge on any atom is -1.00 e. The SMILES string of the molecule is CCCC(CC)(CCC)[C]1([Zr+2][C]2(C(CC)(CCC)CCC)C=CC=C2)C=CC=C1.[Cl-].[Cl-]. The smallest absolute Gasteiger partial charge is 1.00 e. The first-order chi connectivity index (χ1) is 14.0. The summed E-state index contributed by atoms with van der Waals surface area (Å²) >= 11 is -0.899. The summed E-state index contributed by atoms with van der Waals surface area (Å²) in [7, 11) is 0. The van der Waals surface area contributed by atoms with Gasteiger partial charge in [0.15, 0.2) is 0 Å². The second-order valence-corrected chi connectivity index (χ2v) is 14.2. The van der Waals surface area contributed by atoms with Gasteiger partial charge in [-0.25, -0.2) is 0 Å². The van der Waals surface area contributed by atoms with Crippen molar-refractivity contribution >= 4 is 0 Å². The van der Waals surface area contributed by atoms with E-state index in [1.165, 1.54) is 64.2 Å². The van der Waals surface area contributed by atoms with Gasteiger partial charge in [0.1, 0.15) is 0 Å². The minimum atomic E-state index is -0.899. The third-order valence-electron chi connectivity index (χ3n) is 8.10. The molecule has 0 spiro atoms. The van der Waals surface area contributed by atoms with Gasteiger partial charge in [-0.05, 0) is 0 Å². The van der Waals surface area contributed by atoms with Crippen molar-refractivity contribution in [1.82, 2.24) is 0 Å². The number of hydrogen-bond acceptors (Lipinski definition) is 0. The molecule has 0 saturated heterocycles. The van der Waals surface area contributed by atoms with E-state index < -0.39 is 23.2 Å². The van der Waals surface area contributed by atoms with E-state index in [2.05, 4.69) is 90.2 Å². The molecule has 0 aromatic rings. The summed E-state index contributed by atoms with van der Waals surface area (Å²) < 4.78 is 0.691. The summed E-state index contributed by atoms with van der Waals surface area (Å²) in [5.74, 6) is 0. The van der Waals surface area contributed by atoms with Crippen molar-refractivity contribution in [2.24, 2.45) is 10.8 Å². The maximum atomic E-state index is 2.67. The van der Waals surface area contributed by atoms with Crippen molar-refractivity contribution in [2.45, 2.75) is 112 Å². The fourth-order valence-electron chi connectivity index (χ4n) is 6.71. The van der Waals surface area contributed by atoms with E-state index in [4.69, 9.17) is 0 Å². The first kappa shape index (κ1) is 31.4. The van der Waals surface area contributed by atoms with Gasteiger partial charge in [-0.15, -0.1) is 0 Å². The Morgan fingerprint density at radius 2 is 0.774 bits per heavy atom. The van der Waals surface area contributed by atoms with E-state index in [0.717, 1.165) is 0 Å². The molecule has 0 N–H and O–H groups in total. The monoisotopic (exact) mass is 542 g/mol. The average Bonchev–Trinajstić information content (AvgIpc) is 3.39. The Kier molecular flexibility index (Phi) is 14.2. The fraction of sp³-hybridized carbons (Fsp3) is 0.714. The molecule has 2 aliphatic carbocycles. The molecule has 0 saturated carbocycles. The van der Waals surface area contributed by atoms with Crippen molar-refractivity contribution in [3.05, 3.63) is 48.6 Å². The minimum Gasteiger partial charge on any atom is -1.00 e. The Balaban J connectivity index is 0.00000450. The molecule has 0 aromatic heterocycles. The molecule has 0 amide bonds. The van der Waals surface area contributed by atoms with Crippen molar-refractivity contribution in [1.29, 1.82) is 0 Å². The molecule has 3 heteroatoms. The molecule has 0 atom stereocenters. The zero-order valence-corrected chi connectivity index (χ0v) is 24.9. The molecule has 0 unspecified atom stereocenters. The largest absolute Gasteiger partial charge is 1.00 e. The molecule has 0 fully saturated rings. The Morgan fingerprint density at radius 3 is 0.968 bits per heavy atom. The van der Waals surface area contributed by atoms with Crippen LogP contribution in [0.5, 0.6) is 0 Å². The predicted octanol–water partition coefficient (Wildman–Crippen LogP) is 3.64. The molecule has 0 bridgehead atoms. The Bertz CT molecular complexity index is 539. The van der Waals surface area contributed by atoms with Crippen LogP contribution in [0.4, 0.5) is 0 Å². The van der Waals surface area contributed by atoms with Gasteiger partial charge in [0.25, 0.3) is 0 Å². The fourth-order valence-corrected chi connectivity index (χ4v) is 13.6. The summed E-state index contributed by atoms with van der Waals surface area (Å²) in [6.07, 6.45) is 33.6. The Hall–Kier alpha value is 0.423. The standard InChI is InChI=1S/2C14H23.2ClH.Zr/c2*1-4-11-14(6-3,12-5-2)13-9-7-8-10-13;;;/h2*7-10H,4-6,11-12H2,1-3H3;2*1H;/q;;;;+2/p-2. The summed E-state index contributed by atoms with van der Waals surface area (Å²) in [6, 6.07) is 0. The topological polar surface area (TPSA) is 0 Å². The summed E-state index contributed by atoms with van der Waals surface area (Å²) in [6.45, 7) is 14.6. The minimum absolute atomic E-state index is 0. The van der Waals surface area contributed by atoms with Gasteiger partial charge in [0, 0.05) is 0 Å². The first-order valence-corrected chi connectivity index (χ1v) is 15.0. The molecule has 0 aromatic carbocycles. The van der Waals surface area contributed by atoms with E-state index in [9.17, 15) is 0 Å². The Labute approximate surface area is 218 Å². The third-order valence-corrected chi connectivity index (χ3v) is 14.4. The second kappa shape index (κ2) is 14.0. The van der Waals surface area contributed by atoms with Crippen LogP contribution in [0.25, 0.3) is 0 Å². The molecule has 2 aliphatic rings. The van der Waals surface area contributed by atoms with E-state index >= 15 is 0 Å². The molecular weight excluding hydrogens is 498 g/mol. The first-order valence-electron chi connectivity index (χ1n) is 12.5. The van der Waals surface area contributed by atoms with Crippen LogP contribution in [0, 0.1) is 10.8 Å². The number of hydrogen-bond donors (Lipinski definition) is 0. The predicted molar refractivity (Wildman–Crippen MR) is 127 cm³/mol. The summed E-state index contributed by atoms with van der Waals surface area (Å²) in [5.41, 5.74) is 0.892. The van der Waals surface area contributed by atoms with Gasteiger partial charge in [-0.2, -0.15) is 0 Å². The van der Waals surface area contributed by atoms with Gasteiger partial charge in [0.2, 0.25) is 0 Å². The van der Waals surface area contributed by atoms with Crippen LogP contribution >= 0.6 is 0 Å². The summed E-state index contributed by atoms with van der Waals surface area (Å²) in [4.78, 5) is 0. The maximum absolute atomic E-state index is 2.67. The molecule has 0 radical (unpaired) electrons. The van der Waals surface area contributed by atoms with Gasteiger partial charge in [-0.1, -0.05) is 0 Å². The van der Waals surface area contributed by atoms with Gasteiger partial charge < -0.3 is 24.8 Å². The van der Waals surface area contributed by atoms with Gasteiger partial charge >= 0.3 is 195 Å². The van der Waals surface area contributed by atoms with Crippen LogP contribution in [0.3, 0.4) is 0 Å². The van der Waals surface area contributed by atoms with Crippen LogP contribution in [-0.2, 0) is 23.2 Å². The van der Waals surface area contributed by atoms with Crippen LogP contribution in [0.1, 0.15) is 106 Å².